The van der Waals surface area contributed by atoms with Gasteiger partial charge in [-0.1, -0.05) is 40.3 Å². The molecule has 2 saturated heterocycles. The van der Waals surface area contributed by atoms with Crippen molar-refractivity contribution in [2.45, 2.75) is 46.1 Å². The Labute approximate surface area is 197 Å². The van der Waals surface area contributed by atoms with E-state index in [1.54, 1.807) is 15.9 Å². The zero-order valence-corrected chi connectivity index (χ0v) is 20.4. The van der Waals surface area contributed by atoms with Gasteiger partial charge in [0.15, 0.2) is 0 Å². The Kier molecular flexibility index (Phi) is 10.6. The van der Waals surface area contributed by atoms with Gasteiger partial charge in [-0.25, -0.2) is 9.18 Å². The van der Waals surface area contributed by atoms with Crippen LogP contribution in [0.4, 0.5) is 9.18 Å². The highest BCUT2D eigenvalue weighted by atomic mass is 19.1. The van der Waals surface area contributed by atoms with Gasteiger partial charge in [0.2, 0.25) is 5.91 Å². The first kappa shape index (κ1) is 26.6. The van der Waals surface area contributed by atoms with Gasteiger partial charge in [-0.15, -0.1) is 0 Å². The van der Waals surface area contributed by atoms with E-state index in [2.05, 4.69) is 25.3 Å². The second kappa shape index (κ2) is 13.2. The fraction of sp³-hybridized carbons (Fsp3) is 0.600. The van der Waals surface area contributed by atoms with E-state index in [-0.39, 0.29) is 29.8 Å². The summed E-state index contributed by atoms with van der Waals surface area (Å²) in [5, 5.41) is 0. The number of likely N-dealkylation sites (tertiary alicyclic amines) is 1. The molecule has 0 saturated carbocycles. The van der Waals surface area contributed by atoms with E-state index in [9.17, 15) is 14.0 Å². The third-order valence-electron chi connectivity index (χ3n) is 5.79. The van der Waals surface area contributed by atoms with E-state index in [0.29, 0.717) is 51.5 Å². The van der Waals surface area contributed by atoms with Gasteiger partial charge >= 0.3 is 6.09 Å². The number of ether oxygens (including phenoxy) is 2. The highest BCUT2D eigenvalue weighted by Crippen LogP contribution is 2.27. The molecule has 2 fully saturated rings. The molecule has 0 aromatic heterocycles. The van der Waals surface area contributed by atoms with E-state index in [1.807, 2.05) is 13.8 Å². The van der Waals surface area contributed by atoms with Crippen LogP contribution in [0.2, 0.25) is 0 Å². The lowest BCUT2D eigenvalue weighted by Gasteiger charge is -2.34. The lowest BCUT2D eigenvalue weighted by atomic mass is 10.0. The Morgan fingerprint density at radius 3 is 2.48 bits per heavy atom. The van der Waals surface area contributed by atoms with Gasteiger partial charge in [-0.2, -0.15) is 0 Å². The average molecular weight is 464 g/mol. The smallest absolute Gasteiger partial charge is 0.410 e. The predicted molar refractivity (Wildman–Crippen MR) is 127 cm³/mol. The number of benzene rings is 1. The first-order valence-corrected chi connectivity index (χ1v) is 11.9. The molecule has 184 valence electrons. The molecule has 0 spiro atoms. The molecule has 1 atom stereocenters. The monoisotopic (exact) mass is 463 g/mol. The summed E-state index contributed by atoms with van der Waals surface area (Å²) in [5.41, 5.74) is 0.995. The number of piperazine rings is 1. The molecule has 2 amide bonds. The topological polar surface area (TPSA) is 62.3 Å². The van der Waals surface area contributed by atoms with Crippen molar-refractivity contribution in [3.63, 3.8) is 0 Å². The number of carbonyl (C=O) groups excluding carboxylic acids is 2. The SMILES string of the molecule is C=CC(=O)N1CCC(OC(=O)N2CCN(CCOc3cc(F)ccc3C(C)C)CC2)C1.CC. The fourth-order valence-electron chi connectivity index (χ4n) is 3.92. The summed E-state index contributed by atoms with van der Waals surface area (Å²) in [6, 6.07) is 4.67. The van der Waals surface area contributed by atoms with E-state index in [0.717, 1.165) is 18.7 Å². The quantitative estimate of drug-likeness (QED) is 0.574. The molecule has 1 unspecified atom stereocenters. The van der Waals surface area contributed by atoms with Crippen molar-refractivity contribution in [1.29, 1.82) is 0 Å². The zero-order chi connectivity index (χ0) is 24.4. The molecule has 1 aromatic rings. The number of rotatable bonds is 7. The largest absolute Gasteiger partial charge is 0.492 e. The summed E-state index contributed by atoms with van der Waals surface area (Å²) >= 11 is 0. The van der Waals surface area contributed by atoms with Crippen LogP contribution in [0.15, 0.2) is 30.9 Å². The maximum atomic E-state index is 13.6. The highest BCUT2D eigenvalue weighted by Gasteiger charge is 2.30. The normalized spacial score (nSPS) is 18.5. The summed E-state index contributed by atoms with van der Waals surface area (Å²) in [5.74, 6) is 0.420. The number of halogens is 1. The van der Waals surface area contributed by atoms with Crippen LogP contribution in [0.5, 0.6) is 5.75 Å². The molecule has 0 aliphatic carbocycles. The maximum absolute atomic E-state index is 13.6. The van der Waals surface area contributed by atoms with Gasteiger partial charge in [-0.3, -0.25) is 9.69 Å². The molecule has 33 heavy (non-hydrogen) atoms. The molecule has 2 aliphatic rings. The van der Waals surface area contributed by atoms with Crippen molar-refractivity contribution < 1.29 is 23.5 Å². The number of carbonyl (C=O) groups is 2. The van der Waals surface area contributed by atoms with Crippen LogP contribution in [0.1, 0.15) is 45.6 Å². The Hall–Kier alpha value is -2.61. The lowest BCUT2D eigenvalue weighted by molar-refractivity contribution is -0.125. The van der Waals surface area contributed by atoms with Crippen molar-refractivity contribution in [2.75, 3.05) is 52.4 Å². The number of hydrogen-bond acceptors (Lipinski definition) is 5. The molecule has 3 rings (SSSR count). The second-order valence-electron chi connectivity index (χ2n) is 8.30. The van der Waals surface area contributed by atoms with Gasteiger partial charge in [0, 0.05) is 51.8 Å². The molecule has 2 aliphatic heterocycles. The Balaban J connectivity index is 0.00000187. The fourth-order valence-corrected chi connectivity index (χ4v) is 3.92. The molecule has 1 aromatic carbocycles. The molecule has 0 N–H and O–H groups in total. The molecule has 0 bridgehead atoms. The number of amides is 2. The Morgan fingerprint density at radius 2 is 1.85 bits per heavy atom. The molecular weight excluding hydrogens is 425 g/mol. The van der Waals surface area contributed by atoms with E-state index in [1.165, 1.54) is 18.2 Å². The highest BCUT2D eigenvalue weighted by molar-refractivity contribution is 5.87. The third-order valence-corrected chi connectivity index (χ3v) is 5.79. The van der Waals surface area contributed by atoms with Crippen LogP contribution >= 0.6 is 0 Å². The summed E-state index contributed by atoms with van der Waals surface area (Å²) in [6.45, 7) is 16.4. The maximum Gasteiger partial charge on any atom is 0.410 e. The summed E-state index contributed by atoms with van der Waals surface area (Å²) in [4.78, 5) is 29.7. The summed E-state index contributed by atoms with van der Waals surface area (Å²) in [7, 11) is 0. The van der Waals surface area contributed by atoms with Crippen molar-refractivity contribution >= 4 is 12.0 Å². The molecule has 2 heterocycles. The molecular formula is C25H38FN3O4. The first-order valence-electron chi connectivity index (χ1n) is 11.9. The summed E-state index contributed by atoms with van der Waals surface area (Å²) < 4.78 is 25.0. The van der Waals surface area contributed by atoms with Gasteiger partial charge in [0.1, 0.15) is 24.3 Å². The van der Waals surface area contributed by atoms with Crippen molar-refractivity contribution in [3.8, 4) is 5.75 Å². The standard InChI is InChI=1S/C23H32FN3O4.C2H6/c1-4-22(28)27-8-7-19(16-27)31-23(29)26-11-9-25(10-12-26)13-14-30-21-15-18(24)5-6-20(21)17(2)3;1-2/h4-6,15,17,19H,1,7-14,16H2,2-3H3;1-2H3. The third kappa shape index (κ3) is 7.74. The van der Waals surface area contributed by atoms with Crippen LogP contribution < -0.4 is 4.74 Å². The van der Waals surface area contributed by atoms with Gasteiger partial charge < -0.3 is 19.3 Å². The lowest BCUT2D eigenvalue weighted by Crippen LogP contribution is -2.50. The van der Waals surface area contributed by atoms with Crippen LogP contribution in [-0.4, -0.2) is 85.2 Å². The zero-order valence-electron chi connectivity index (χ0n) is 20.4. The average Bonchev–Trinajstić information content (AvgIpc) is 3.28. The second-order valence-corrected chi connectivity index (χ2v) is 8.30. The minimum Gasteiger partial charge on any atom is -0.492 e. The van der Waals surface area contributed by atoms with E-state index < -0.39 is 0 Å². The Morgan fingerprint density at radius 1 is 1.15 bits per heavy atom. The first-order chi connectivity index (χ1) is 15.9. The summed E-state index contributed by atoms with van der Waals surface area (Å²) in [6.07, 6.45) is 1.35. The van der Waals surface area contributed by atoms with Crippen molar-refractivity contribution in [2.24, 2.45) is 0 Å². The van der Waals surface area contributed by atoms with E-state index in [4.69, 9.17) is 9.47 Å². The van der Waals surface area contributed by atoms with Crippen molar-refractivity contribution in [3.05, 3.63) is 42.2 Å². The predicted octanol–water partition coefficient (Wildman–Crippen LogP) is 3.90. The minimum atomic E-state index is -0.324. The minimum absolute atomic E-state index is 0.131. The molecule has 7 nitrogen and oxygen atoms in total. The van der Waals surface area contributed by atoms with Crippen LogP contribution in [0, 0.1) is 5.82 Å². The number of nitrogens with zero attached hydrogens (tertiary/aromatic N) is 3. The number of hydrogen-bond donors (Lipinski definition) is 0. The van der Waals surface area contributed by atoms with Gasteiger partial charge in [-0.05, 0) is 23.6 Å². The van der Waals surface area contributed by atoms with Gasteiger partial charge in [0.05, 0.1) is 6.54 Å². The van der Waals surface area contributed by atoms with Crippen LogP contribution in [-0.2, 0) is 9.53 Å². The van der Waals surface area contributed by atoms with Gasteiger partial charge in [0.25, 0.3) is 0 Å². The van der Waals surface area contributed by atoms with Crippen LogP contribution in [0.3, 0.4) is 0 Å². The Bertz CT molecular complexity index is 794. The van der Waals surface area contributed by atoms with Crippen molar-refractivity contribution in [1.82, 2.24) is 14.7 Å². The molecule has 8 heteroatoms. The van der Waals surface area contributed by atoms with E-state index >= 15 is 0 Å². The molecule has 0 radical (unpaired) electrons. The van der Waals surface area contributed by atoms with Crippen LogP contribution in [0.25, 0.3) is 0 Å².